The van der Waals surface area contributed by atoms with Crippen molar-refractivity contribution >= 4 is 11.9 Å². The molecule has 7 nitrogen and oxygen atoms in total. The van der Waals surface area contributed by atoms with Gasteiger partial charge in [-0.2, -0.15) is 0 Å². The Labute approximate surface area is 162 Å². The van der Waals surface area contributed by atoms with Crippen LogP contribution in [0.4, 0.5) is 0 Å². The Bertz CT molecular complexity index is 583. The van der Waals surface area contributed by atoms with E-state index in [0.717, 1.165) is 44.6 Å². The van der Waals surface area contributed by atoms with Crippen LogP contribution < -0.4 is 10.6 Å². The molecule has 2 rings (SSSR count). The highest BCUT2D eigenvalue weighted by Crippen LogP contribution is 2.10. The van der Waals surface area contributed by atoms with E-state index in [4.69, 9.17) is 4.74 Å². The van der Waals surface area contributed by atoms with Gasteiger partial charge in [-0.3, -0.25) is 4.79 Å². The van der Waals surface area contributed by atoms with E-state index in [1.54, 1.807) is 26.1 Å². The minimum Gasteiger partial charge on any atom is -0.383 e. The normalized spacial score (nSPS) is 16.2. The highest BCUT2D eigenvalue weighted by molar-refractivity contribution is 5.86. The summed E-state index contributed by atoms with van der Waals surface area (Å²) in [5.41, 5.74) is 1.15. The van der Waals surface area contributed by atoms with Crippen molar-refractivity contribution in [1.82, 2.24) is 20.4 Å². The summed E-state index contributed by atoms with van der Waals surface area (Å²) in [6.07, 6.45) is 2.11. The molecule has 1 heterocycles. The van der Waals surface area contributed by atoms with Crippen molar-refractivity contribution in [2.45, 2.75) is 25.4 Å². The van der Waals surface area contributed by atoms with E-state index in [2.05, 4.69) is 32.7 Å². The molecule has 0 radical (unpaired) electrons. The second kappa shape index (κ2) is 11.6. The van der Waals surface area contributed by atoms with Crippen molar-refractivity contribution in [2.75, 3.05) is 54.0 Å². The average molecular weight is 376 g/mol. The lowest BCUT2D eigenvalue weighted by molar-refractivity contribution is -0.127. The zero-order chi connectivity index (χ0) is 19.5. The van der Waals surface area contributed by atoms with Gasteiger partial charge in [-0.05, 0) is 18.4 Å². The number of hydrogen-bond acceptors (Lipinski definition) is 4. The summed E-state index contributed by atoms with van der Waals surface area (Å²) in [6.45, 7) is 4.66. The molecule has 1 aromatic rings. The summed E-state index contributed by atoms with van der Waals surface area (Å²) in [4.78, 5) is 20.6. The number of hydrogen-bond donors (Lipinski definition) is 2. The largest absolute Gasteiger partial charge is 0.383 e. The zero-order valence-corrected chi connectivity index (χ0v) is 16.8. The van der Waals surface area contributed by atoms with E-state index in [0.29, 0.717) is 18.5 Å². The molecule has 0 atom stereocenters. The third kappa shape index (κ3) is 7.97. The standard InChI is InChI=1S/C20H33N5O2/c1-24(2)19(26)16-22-20(21-15-17-7-5-4-6-8-17)23-18-9-11-25(12-10-18)13-14-27-3/h4-8,18H,9-16H2,1-3H3,(H2,21,22,23). The first-order valence-corrected chi connectivity index (χ1v) is 9.58. The fraction of sp³-hybridized carbons (Fsp3) is 0.600. The number of aliphatic imine (C=N–C) groups is 1. The van der Waals surface area contributed by atoms with Gasteiger partial charge in [0, 0.05) is 46.9 Å². The number of nitrogens with zero attached hydrogens (tertiary/aromatic N) is 3. The maximum Gasteiger partial charge on any atom is 0.241 e. The van der Waals surface area contributed by atoms with Crippen LogP contribution in [0.3, 0.4) is 0 Å². The van der Waals surface area contributed by atoms with Gasteiger partial charge in [0.25, 0.3) is 0 Å². The number of amides is 1. The third-order valence-electron chi connectivity index (χ3n) is 4.71. The smallest absolute Gasteiger partial charge is 0.241 e. The Morgan fingerprint density at radius 2 is 1.96 bits per heavy atom. The van der Waals surface area contributed by atoms with Gasteiger partial charge in [-0.25, -0.2) is 4.99 Å². The topological polar surface area (TPSA) is 69.2 Å². The Kier molecular flexibility index (Phi) is 9.07. The summed E-state index contributed by atoms with van der Waals surface area (Å²) in [6, 6.07) is 10.5. The average Bonchev–Trinajstić information content (AvgIpc) is 2.69. The van der Waals surface area contributed by atoms with Crippen LogP contribution in [-0.2, 0) is 16.1 Å². The molecule has 0 saturated carbocycles. The Morgan fingerprint density at radius 3 is 2.59 bits per heavy atom. The number of ether oxygens (including phenoxy) is 1. The number of rotatable bonds is 8. The number of likely N-dealkylation sites (N-methyl/N-ethyl adjacent to an activating group) is 1. The maximum atomic E-state index is 11.9. The molecule has 1 amide bonds. The molecule has 1 aliphatic heterocycles. The predicted molar refractivity (Wildman–Crippen MR) is 109 cm³/mol. The molecule has 0 bridgehead atoms. The van der Waals surface area contributed by atoms with Crippen molar-refractivity contribution < 1.29 is 9.53 Å². The van der Waals surface area contributed by atoms with Gasteiger partial charge in [-0.1, -0.05) is 30.3 Å². The van der Waals surface area contributed by atoms with Crippen LogP contribution in [0.1, 0.15) is 18.4 Å². The van der Waals surface area contributed by atoms with Crippen LogP contribution >= 0.6 is 0 Å². The van der Waals surface area contributed by atoms with E-state index in [-0.39, 0.29) is 12.5 Å². The molecule has 0 aromatic heterocycles. The first kappa shape index (κ1) is 21.2. The minimum atomic E-state index is 0.0265. The molecular weight excluding hydrogens is 342 g/mol. The molecule has 150 valence electrons. The summed E-state index contributed by atoms with van der Waals surface area (Å²) < 4.78 is 5.16. The van der Waals surface area contributed by atoms with Crippen molar-refractivity contribution in [1.29, 1.82) is 0 Å². The van der Waals surface area contributed by atoms with Gasteiger partial charge in [0.2, 0.25) is 5.91 Å². The first-order valence-electron chi connectivity index (χ1n) is 9.58. The molecule has 0 unspecified atom stereocenters. The van der Waals surface area contributed by atoms with Crippen LogP contribution in [0.5, 0.6) is 0 Å². The predicted octanol–water partition coefficient (Wildman–Crippen LogP) is 0.921. The third-order valence-corrected chi connectivity index (χ3v) is 4.71. The minimum absolute atomic E-state index is 0.0265. The zero-order valence-electron chi connectivity index (χ0n) is 16.8. The van der Waals surface area contributed by atoms with Crippen LogP contribution in [0.15, 0.2) is 35.3 Å². The Balaban J connectivity index is 1.90. The Morgan fingerprint density at radius 1 is 1.26 bits per heavy atom. The summed E-state index contributed by atoms with van der Waals surface area (Å²) in [5, 5.41) is 6.69. The van der Waals surface area contributed by atoms with Crippen molar-refractivity contribution in [3.8, 4) is 0 Å². The van der Waals surface area contributed by atoms with Gasteiger partial charge < -0.3 is 25.2 Å². The molecule has 27 heavy (non-hydrogen) atoms. The van der Waals surface area contributed by atoms with E-state index < -0.39 is 0 Å². The molecule has 1 aromatic carbocycles. The SMILES string of the molecule is COCCN1CCC(NC(=NCc2ccccc2)NCC(=O)N(C)C)CC1. The van der Waals surface area contributed by atoms with Crippen LogP contribution in [0, 0.1) is 0 Å². The van der Waals surface area contributed by atoms with Crippen molar-refractivity contribution in [2.24, 2.45) is 4.99 Å². The lowest BCUT2D eigenvalue weighted by Gasteiger charge is -2.33. The number of likely N-dealkylation sites (tertiary alicyclic amines) is 1. The molecule has 0 aliphatic carbocycles. The van der Waals surface area contributed by atoms with Crippen LogP contribution in [0.2, 0.25) is 0 Å². The molecule has 1 saturated heterocycles. The van der Waals surface area contributed by atoms with E-state index in [1.165, 1.54) is 0 Å². The number of carbonyl (C=O) groups is 1. The first-order chi connectivity index (χ1) is 13.1. The molecule has 1 aliphatic rings. The molecule has 7 heteroatoms. The van der Waals surface area contributed by atoms with E-state index in [1.807, 2.05) is 18.2 Å². The van der Waals surface area contributed by atoms with E-state index >= 15 is 0 Å². The van der Waals surface area contributed by atoms with Crippen LogP contribution in [-0.4, -0.2) is 81.7 Å². The lowest BCUT2D eigenvalue weighted by Crippen LogP contribution is -2.50. The monoisotopic (exact) mass is 375 g/mol. The molecule has 0 spiro atoms. The van der Waals surface area contributed by atoms with Crippen molar-refractivity contribution in [3.05, 3.63) is 35.9 Å². The van der Waals surface area contributed by atoms with Gasteiger partial charge in [0.15, 0.2) is 5.96 Å². The van der Waals surface area contributed by atoms with Gasteiger partial charge >= 0.3 is 0 Å². The molecule has 1 fully saturated rings. The number of guanidine groups is 1. The second-order valence-corrected chi connectivity index (χ2v) is 7.05. The highest BCUT2D eigenvalue weighted by atomic mass is 16.5. The van der Waals surface area contributed by atoms with Gasteiger partial charge in [0.1, 0.15) is 0 Å². The van der Waals surface area contributed by atoms with Gasteiger partial charge in [0.05, 0.1) is 19.7 Å². The lowest BCUT2D eigenvalue weighted by atomic mass is 10.1. The van der Waals surface area contributed by atoms with E-state index in [9.17, 15) is 4.79 Å². The summed E-state index contributed by atoms with van der Waals surface area (Å²) >= 11 is 0. The quantitative estimate of drug-likeness (QED) is 0.522. The number of piperidine rings is 1. The summed E-state index contributed by atoms with van der Waals surface area (Å²) in [5.74, 6) is 0.725. The highest BCUT2D eigenvalue weighted by Gasteiger charge is 2.20. The fourth-order valence-electron chi connectivity index (χ4n) is 2.94. The molecule has 2 N–H and O–H groups in total. The van der Waals surface area contributed by atoms with Crippen molar-refractivity contribution in [3.63, 3.8) is 0 Å². The van der Waals surface area contributed by atoms with Gasteiger partial charge in [-0.15, -0.1) is 0 Å². The van der Waals surface area contributed by atoms with Crippen LogP contribution in [0.25, 0.3) is 0 Å². The number of benzene rings is 1. The number of nitrogens with one attached hydrogen (secondary N) is 2. The fourth-order valence-corrected chi connectivity index (χ4v) is 2.94. The molecular formula is C20H33N5O2. The second-order valence-electron chi connectivity index (χ2n) is 7.05. The number of carbonyl (C=O) groups excluding carboxylic acids is 1. The Hall–Kier alpha value is -2.12. The summed E-state index contributed by atoms with van der Waals surface area (Å²) in [7, 11) is 5.26. The number of methoxy groups -OCH3 is 1. The maximum absolute atomic E-state index is 11.9.